The van der Waals surface area contributed by atoms with E-state index in [-0.39, 0.29) is 17.2 Å². The molecule has 0 bridgehead atoms. The van der Waals surface area contributed by atoms with E-state index in [0.717, 1.165) is 30.1 Å². The molecule has 3 fully saturated rings. The Kier molecular flexibility index (Phi) is 7.92. The topological polar surface area (TPSA) is 139 Å². The van der Waals surface area contributed by atoms with Crippen molar-refractivity contribution in [3.05, 3.63) is 47.6 Å². The summed E-state index contributed by atoms with van der Waals surface area (Å²) in [6.45, 7) is 4.76. The van der Waals surface area contributed by atoms with Crippen molar-refractivity contribution in [1.29, 1.82) is 0 Å². The van der Waals surface area contributed by atoms with Crippen molar-refractivity contribution in [2.45, 2.75) is 63.2 Å². The van der Waals surface area contributed by atoms with Gasteiger partial charge in [0.2, 0.25) is 15.9 Å². The molecule has 3 aromatic rings. The summed E-state index contributed by atoms with van der Waals surface area (Å²) < 4.78 is 33.3. The fraction of sp³-hybridized carbons (Fsp3) is 0.536. The molecule has 3 aromatic heterocycles. The first-order valence-electron chi connectivity index (χ1n) is 14.2. The molecule has 0 aromatic carbocycles. The van der Waals surface area contributed by atoms with Gasteiger partial charge in [-0.3, -0.25) is 24.4 Å². The summed E-state index contributed by atoms with van der Waals surface area (Å²) in [5, 5.41) is 3.08. The van der Waals surface area contributed by atoms with Crippen LogP contribution in [0.2, 0.25) is 0 Å². The molecular formula is C28H35N7O4S2. The molecule has 1 spiro atoms. The maximum atomic E-state index is 13.0. The second kappa shape index (κ2) is 11.6. The monoisotopic (exact) mass is 597 g/mol. The number of ether oxygens (including phenoxy) is 1. The third-order valence-corrected chi connectivity index (χ3v) is 10.9. The molecule has 0 radical (unpaired) electrons. The number of rotatable bonds is 12. The Morgan fingerprint density at radius 1 is 1.22 bits per heavy atom. The number of nitrogens with zero attached hydrogens (tertiary/aromatic N) is 5. The van der Waals surface area contributed by atoms with E-state index in [2.05, 4.69) is 34.9 Å². The number of anilines is 1. The lowest BCUT2D eigenvalue weighted by Crippen LogP contribution is -2.40. The van der Waals surface area contributed by atoms with Crippen LogP contribution in [0.4, 0.5) is 5.69 Å². The number of hydrogen-bond donors (Lipinski definition) is 2. The van der Waals surface area contributed by atoms with Crippen molar-refractivity contribution < 1.29 is 17.9 Å². The predicted molar refractivity (Wildman–Crippen MR) is 156 cm³/mol. The average Bonchev–Trinajstić information content (AvgIpc) is 3.90. The number of amides is 1. The second-order valence-corrected chi connectivity index (χ2v) is 14.1. The molecule has 41 heavy (non-hydrogen) atoms. The second-order valence-electron chi connectivity index (χ2n) is 11.2. The number of carbonyl (C=O) groups is 1. The first-order chi connectivity index (χ1) is 19.8. The summed E-state index contributed by atoms with van der Waals surface area (Å²) in [5.41, 5.74) is 2.37. The highest BCUT2D eigenvalue weighted by Gasteiger charge is 2.46. The van der Waals surface area contributed by atoms with Gasteiger partial charge in [0.1, 0.15) is 5.69 Å². The van der Waals surface area contributed by atoms with Crippen LogP contribution < -0.4 is 14.8 Å². The Balaban J connectivity index is 1.14. The molecular weight excluding hydrogens is 562 g/mol. The summed E-state index contributed by atoms with van der Waals surface area (Å²) >= 11 is 1.26. The number of likely N-dealkylation sites (tertiary alicyclic amines) is 1. The van der Waals surface area contributed by atoms with E-state index in [1.165, 1.54) is 30.6 Å². The van der Waals surface area contributed by atoms with Gasteiger partial charge >= 0.3 is 0 Å². The number of nitrogens with one attached hydrogen (secondary N) is 2. The highest BCUT2D eigenvalue weighted by molar-refractivity contribution is 7.93. The van der Waals surface area contributed by atoms with Gasteiger partial charge in [-0.05, 0) is 76.0 Å². The van der Waals surface area contributed by atoms with E-state index >= 15 is 0 Å². The van der Waals surface area contributed by atoms with Crippen molar-refractivity contribution >= 4 is 33.0 Å². The Morgan fingerprint density at radius 3 is 2.85 bits per heavy atom. The number of pyridine rings is 1. The standard InChI is InChI=1S/C28H35N7O4S2/c1-2-39-25-17-29-15-22(33-25)24-16-32-27(40-24)26(36)31-12-7-23(35-13-3-8-28(18-35)9-10-28)21-14-19(6-11-30-21)34-41(37,38)20-4-5-20/h6,11,14-17,20,23H,2-5,7-10,12-13,18H2,1H3,(H,30,34)(H,31,36)/t23-/m0/s1. The van der Waals surface area contributed by atoms with E-state index in [0.29, 0.717) is 60.1 Å². The molecule has 218 valence electrons. The number of thiazole rings is 1. The van der Waals surface area contributed by atoms with Crippen LogP contribution in [0.25, 0.3) is 10.6 Å². The van der Waals surface area contributed by atoms with Gasteiger partial charge in [-0.1, -0.05) is 0 Å². The van der Waals surface area contributed by atoms with Crippen molar-refractivity contribution in [2.24, 2.45) is 5.41 Å². The number of hydrogen-bond acceptors (Lipinski definition) is 10. The molecule has 1 atom stereocenters. The van der Waals surface area contributed by atoms with Crippen LogP contribution in [-0.4, -0.2) is 70.7 Å². The van der Waals surface area contributed by atoms with E-state index < -0.39 is 10.0 Å². The molecule has 2 saturated carbocycles. The summed E-state index contributed by atoms with van der Waals surface area (Å²) in [5.74, 6) is 0.185. The van der Waals surface area contributed by atoms with Crippen LogP contribution in [0.5, 0.6) is 5.88 Å². The van der Waals surface area contributed by atoms with Gasteiger partial charge in [0.15, 0.2) is 5.01 Å². The largest absolute Gasteiger partial charge is 0.477 e. The van der Waals surface area contributed by atoms with Crippen molar-refractivity contribution in [3.63, 3.8) is 0 Å². The Morgan fingerprint density at radius 2 is 2.07 bits per heavy atom. The number of aromatic nitrogens is 4. The molecule has 11 nitrogen and oxygen atoms in total. The minimum atomic E-state index is -3.37. The maximum Gasteiger partial charge on any atom is 0.280 e. The molecule has 4 heterocycles. The lowest BCUT2D eigenvalue weighted by Gasteiger charge is -2.38. The maximum absolute atomic E-state index is 13.0. The molecule has 0 unspecified atom stereocenters. The van der Waals surface area contributed by atoms with Crippen molar-refractivity contribution in [3.8, 4) is 16.5 Å². The van der Waals surface area contributed by atoms with Crippen LogP contribution in [0.1, 0.15) is 73.4 Å². The van der Waals surface area contributed by atoms with Crippen LogP contribution in [-0.2, 0) is 10.0 Å². The molecule has 13 heteroatoms. The van der Waals surface area contributed by atoms with Crippen LogP contribution in [0.3, 0.4) is 0 Å². The Labute approximate surface area is 244 Å². The predicted octanol–water partition coefficient (Wildman–Crippen LogP) is 4.04. The molecule has 6 rings (SSSR count). The zero-order valence-electron chi connectivity index (χ0n) is 23.1. The van der Waals surface area contributed by atoms with E-state index in [1.54, 1.807) is 30.9 Å². The highest BCUT2D eigenvalue weighted by atomic mass is 32.2. The summed E-state index contributed by atoms with van der Waals surface area (Å²) in [7, 11) is -3.37. The molecule has 1 saturated heterocycles. The van der Waals surface area contributed by atoms with Gasteiger partial charge in [0.05, 0.1) is 46.6 Å². The third-order valence-electron chi connectivity index (χ3n) is 8.00. The molecule has 1 amide bonds. The van der Waals surface area contributed by atoms with E-state index in [4.69, 9.17) is 4.74 Å². The Hall–Kier alpha value is -3.16. The van der Waals surface area contributed by atoms with Crippen molar-refractivity contribution in [2.75, 3.05) is 31.0 Å². The van der Waals surface area contributed by atoms with Crippen molar-refractivity contribution in [1.82, 2.24) is 30.2 Å². The van der Waals surface area contributed by atoms with Crippen LogP contribution in [0.15, 0.2) is 36.9 Å². The van der Waals surface area contributed by atoms with Gasteiger partial charge in [0, 0.05) is 25.5 Å². The normalized spacial score (nSPS) is 19.0. The minimum absolute atomic E-state index is 0.0399. The summed E-state index contributed by atoms with van der Waals surface area (Å²) in [6, 6.07) is 3.52. The van der Waals surface area contributed by atoms with E-state index in [1.807, 2.05) is 13.0 Å². The SMILES string of the molecule is CCOc1cncc(-c2cnc(C(=O)NCC[C@@H](c3cc(NS(=O)(=O)C4CC4)ccn3)N3CCCC4(CC4)C3)s2)n1. The zero-order chi connectivity index (χ0) is 28.5. The lowest BCUT2D eigenvalue weighted by molar-refractivity contribution is 0.0914. The van der Waals surface area contributed by atoms with Gasteiger partial charge in [-0.2, -0.15) is 0 Å². The first-order valence-corrected chi connectivity index (χ1v) is 16.6. The number of sulfonamides is 1. The van der Waals surface area contributed by atoms with Gasteiger partial charge < -0.3 is 10.1 Å². The van der Waals surface area contributed by atoms with Crippen LogP contribution in [0, 0.1) is 5.41 Å². The van der Waals surface area contributed by atoms with Gasteiger partial charge in [-0.15, -0.1) is 11.3 Å². The smallest absolute Gasteiger partial charge is 0.280 e. The zero-order valence-corrected chi connectivity index (χ0v) is 24.7. The summed E-state index contributed by atoms with van der Waals surface area (Å²) in [4.78, 5) is 33.8. The third kappa shape index (κ3) is 6.68. The summed E-state index contributed by atoms with van der Waals surface area (Å²) in [6.07, 6.45) is 13.4. The average molecular weight is 598 g/mol. The highest BCUT2D eigenvalue weighted by Crippen LogP contribution is 2.53. The fourth-order valence-corrected chi connectivity index (χ4v) is 7.68. The Bertz CT molecular complexity index is 1500. The molecule has 1 aliphatic heterocycles. The van der Waals surface area contributed by atoms with Crippen LogP contribution >= 0.6 is 11.3 Å². The molecule has 3 aliphatic rings. The minimum Gasteiger partial charge on any atom is -0.477 e. The first kappa shape index (κ1) is 28.0. The fourth-order valence-electron chi connectivity index (χ4n) is 5.51. The number of carbonyl (C=O) groups excluding carboxylic acids is 1. The quantitative estimate of drug-likeness (QED) is 0.317. The lowest BCUT2D eigenvalue weighted by atomic mass is 9.92. The van der Waals surface area contributed by atoms with E-state index in [9.17, 15) is 13.2 Å². The van der Waals surface area contributed by atoms with Gasteiger partial charge in [-0.25, -0.2) is 18.4 Å². The molecule has 2 aliphatic carbocycles. The number of piperidine rings is 1. The molecule has 2 N–H and O–H groups in total. The van der Waals surface area contributed by atoms with Gasteiger partial charge in [0.25, 0.3) is 5.91 Å².